The number of hydrogen-bond acceptors (Lipinski definition) is 9. The summed E-state index contributed by atoms with van der Waals surface area (Å²) < 4.78 is 45.5. The van der Waals surface area contributed by atoms with E-state index in [1.807, 2.05) is 0 Å². The molecule has 0 radical (unpaired) electrons. The van der Waals surface area contributed by atoms with E-state index in [9.17, 15) is 38.1 Å². The van der Waals surface area contributed by atoms with E-state index in [-0.39, 0.29) is 0 Å². The molecule has 140 valence electrons. The molecular weight excluding hydrogens is 347 g/mol. The van der Waals surface area contributed by atoms with E-state index < -0.39 is 67.4 Å². The lowest BCUT2D eigenvalue weighted by molar-refractivity contribution is -0.310. The molecule has 0 spiro atoms. The molecule has 1 aliphatic rings. The molecular formula is C11H16F3NO9. The number of carbonyl (C=O) groups is 2. The van der Waals surface area contributed by atoms with Gasteiger partial charge in [0.25, 0.3) is 0 Å². The molecule has 0 aromatic rings. The Labute approximate surface area is 132 Å². The lowest BCUT2D eigenvalue weighted by Crippen LogP contribution is -2.67. The number of ether oxygens (including phenoxy) is 2. The molecule has 7 N–H and O–H groups in total. The lowest BCUT2D eigenvalue weighted by atomic mass is 9.89. The van der Waals surface area contributed by atoms with Gasteiger partial charge in [-0.3, -0.25) is 0 Å². The Morgan fingerprint density at radius 3 is 2.33 bits per heavy atom. The largest absolute Gasteiger partial charge is 0.491 e. The lowest BCUT2D eigenvalue weighted by Gasteiger charge is -2.44. The fraction of sp³-hybridized carbons (Fsp3) is 0.818. The molecule has 13 heteroatoms. The molecule has 1 fully saturated rings. The zero-order valence-corrected chi connectivity index (χ0v) is 11.9. The third-order valence-electron chi connectivity index (χ3n) is 3.36. The van der Waals surface area contributed by atoms with Gasteiger partial charge < -0.3 is 40.7 Å². The van der Waals surface area contributed by atoms with Gasteiger partial charge in [-0.25, -0.2) is 9.59 Å². The van der Waals surface area contributed by atoms with Gasteiger partial charge in [-0.1, -0.05) is 0 Å². The number of aliphatic hydroxyl groups is 4. The fourth-order valence-corrected chi connectivity index (χ4v) is 2.06. The van der Waals surface area contributed by atoms with Crippen molar-refractivity contribution in [3.8, 4) is 0 Å². The Morgan fingerprint density at radius 1 is 1.38 bits per heavy atom. The quantitative estimate of drug-likeness (QED) is 0.277. The number of carbonyl (C=O) groups excluding carboxylic acids is 1. The maximum absolute atomic E-state index is 12.3. The molecule has 0 aliphatic carbocycles. The summed E-state index contributed by atoms with van der Waals surface area (Å²) in [6.45, 7) is -1.02. The van der Waals surface area contributed by atoms with Gasteiger partial charge in [0.2, 0.25) is 0 Å². The van der Waals surface area contributed by atoms with Crippen molar-refractivity contribution in [1.82, 2.24) is 0 Å². The number of hydrogen-bond donors (Lipinski definition) is 6. The predicted octanol–water partition coefficient (Wildman–Crippen LogP) is -2.94. The Balaban J connectivity index is 3.17. The summed E-state index contributed by atoms with van der Waals surface area (Å²) in [5.74, 6) is -8.38. The summed E-state index contributed by atoms with van der Waals surface area (Å²) in [5, 5.41) is 46.7. The number of aliphatic hydroxyl groups excluding tert-OH is 4. The first-order valence-corrected chi connectivity index (χ1v) is 6.47. The highest BCUT2D eigenvalue weighted by Gasteiger charge is 2.58. The van der Waals surface area contributed by atoms with E-state index in [1.54, 1.807) is 0 Å². The van der Waals surface area contributed by atoms with Crippen molar-refractivity contribution in [2.75, 3.05) is 6.61 Å². The van der Waals surface area contributed by atoms with Crippen LogP contribution < -0.4 is 5.73 Å². The van der Waals surface area contributed by atoms with Gasteiger partial charge in [-0.15, -0.1) is 0 Å². The third-order valence-corrected chi connectivity index (χ3v) is 3.36. The van der Waals surface area contributed by atoms with Crippen molar-refractivity contribution in [1.29, 1.82) is 0 Å². The van der Waals surface area contributed by atoms with Crippen molar-refractivity contribution in [3.63, 3.8) is 0 Å². The van der Waals surface area contributed by atoms with E-state index >= 15 is 0 Å². The number of nitrogens with two attached hydrogens (primary N) is 1. The minimum absolute atomic E-state index is 1.02. The Morgan fingerprint density at radius 2 is 1.92 bits per heavy atom. The highest BCUT2D eigenvalue weighted by atomic mass is 19.4. The summed E-state index contributed by atoms with van der Waals surface area (Å²) in [7, 11) is 0. The maximum Gasteiger partial charge on any atom is 0.491 e. The van der Waals surface area contributed by atoms with Crippen molar-refractivity contribution < 1.29 is 57.8 Å². The van der Waals surface area contributed by atoms with Crippen LogP contribution in [-0.2, 0) is 19.1 Å². The van der Waals surface area contributed by atoms with Crippen LogP contribution in [0.4, 0.5) is 13.2 Å². The van der Waals surface area contributed by atoms with Crippen LogP contribution in [0.25, 0.3) is 0 Å². The second kappa shape index (κ2) is 7.16. The van der Waals surface area contributed by atoms with Crippen LogP contribution >= 0.6 is 0 Å². The van der Waals surface area contributed by atoms with E-state index in [0.717, 1.165) is 0 Å². The van der Waals surface area contributed by atoms with Gasteiger partial charge in [0, 0.05) is 0 Å². The number of aliphatic carboxylic acids is 1. The maximum atomic E-state index is 12.3. The van der Waals surface area contributed by atoms with Crippen molar-refractivity contribution in [3.05, 3.63) is 0 Å². The van der Waals surface area contributed by atoms with Gasteiger partial charge in [-0.2, -0.15) is 13.2 Å². The van der Waals surface area contributed by atoms with Gasteiger partial charge in [0.15, 0.2) is 0 Å². The Hall–Kier alpha value is -1.51. The smallest absolute Gasteiger partial charge is 0.476 e. The minimum atomic E-state index is -5.55. The molecule has 0 bridgehead atoms. The molecule has 1 heterocycles. The zero-order valence-electron chi connectivity index (χ0n) is 11.9. The molecule has 0 aromatic carbocycles. The van der Waals surface area contributed by atoms with Crippen LogP contribution in [-0.4, -0.2) is 86.5 Å². The summed E-state index contributed by atoms with van der Waals surface area (Å²) >= 11 is 0. The van der Waals surface area contributed by atoms with Crippen molar-refractivity contribution in [2.24, 2.45) is 5.73 Å². The highest BCUT2D eigenvalue weighted by Crippen LogP contribution is 2.34. The third kappa shape index (κ3) is 4.12. The average Bonchev–Trinajstić information content (AvgIpc) is 2.47. The first-order valence-electron chi connectivity index (χ1n) is 6.47. The summed E-state index contributed by atoms with van der Waals surface area (Å²) in [6.07, 6.45) is -14.5. The molecule has 0 aromatic heterocycles. The Kier molecular flexibility index (Phi) is 6.13. The van der Waals surface area contributed by atoms with Crippen molar-refractivity contribution in [2.45, 2.75) is 48.8 Å². The first-order chi connectivity index (χ1) is 10.9. The van der Waals surface area contributed by atoms with Crippen LogP contribution in [0.5, 0.6) is 0 Å². The monoisotopic (exact) mass is 363 g/mol. The predicted molar refractivity (Wildman–Crippen MR) is 65.1 cm³/mol. The van der Waals surface area contributed by atoms with Gasteiger partial charge in [0.05, 0.1) is 25.2 Å². The normalized spacial score (nSPS) is 33.6. The summed E-state index contributed by atoms with van der Waals surface area (Å²) in [6, 6.07) is -1.54. The van der Waals surface area contributed by atoms with E-state index in [1.165, 1.54) is 0 Å². The van der Waals surface area contributed by atoms with Gasteiger partial charge in [0.1, 0.15) is 18.3 Å². The topological polar surface area (TPSA) is 180 Å². The molecule has 10 nitrogen and oxygen atoms in total. The van der Waals surface area contributed by atoms with E-state index in [0.29, 0.717) is 0 Å². The average molecular weight is 363 g/mol. The summed E-state index contributed by atoms with van der Waals surface area (Å²) in [4.78, 5) is 22.2. The molecule has 1 rings (SSSR count). The number of halogens is 3. The van der Waals surface area contributed by atoms with Crippen LogP contribution in [0.2, 0.25) is 0 Å². The van der Waals surface area contributed by atoms with E-state index in [4.69, 9.17) is 20.7 Å². The second-order valence-electron chi connectivity index (χ2n) is 5.12. The molecule has 0 saturated carbocycles. The first kappa shape index (κ1) is 20.5. The van der Waals surface area contributed by atoms with Gasteiger partial charge >= 0.3 is 23.9 Å². The van der Waals surface area contributed by atoms with Crippen LogP contribution in [0, 0.1) is 0 Å². The van der Waals surface area contributed by atoms with Gasteiger partial charge in [-0.05, 0) is 0 Å². The standard InChI is InChI=1S/C11H16F3NO9/c12-11(13,14)9(22)24-10(8(20)21)1-3(17)5(15)7(23-10)6(19)4(18)2-16/h3-7,16-19H,1-2,15H2,(H,20,21)/t3-,4+,5+,6+,7+,10+/m0/s1. The van der Waals surface area contributed by atoms with Crippen molar-refractivity contribution >= 4 is 11.9 Å². The fourth-order valence-electron chi connectivity index (χ4n) is 2.06. The number of rotatable bonds is 5. The number of esters is 1. The molecule has 6 atom stereocenters. The molecule has 0 amide bonds. The Bertz CT molecular complexity index is 488. The number of carboxylic acids is 1. The van der Waals surface area contributed by atoms with Crippen LogP contribution in [0.3, 0.4) is 0 Å². The molecule has 24 heavy (non-hydrogen) atoms. The molecule has 0 unspecified atom stereocenters. The SMILES string of the molecule is N[C@H]1[C@H]([C@H](O)[C@H](O)CO)O[C@](OC(=O)C(F)(F)F)(C(=O)O)C[C@@H]1O. The van der Waals surface area contributed by atoms with Crippen LogP contribution in [0.1, 0.15) is 6.42 Å². The molecule has 1 saturated heterocycles. The highest BCUT2D eigenvalue weighted by molar-refractivity contribution is 5.83. The number of carboxylic acid groups (broad SMARTS) is 1. The van der Waals surface area contributed by atoms with Crippen LogP contribution in [0.15, 0.2) is 0 Å². The molecule has 1 aliphatic heterocycles. The number of alkyl halides is 3. The second-order valence-corrected chi connectivity index (χ2v) is 5.12. The van der Waals surface area contributed by atoms with E-state index in [2.05, 4.69) is 4.74 Å². The summed E-state index contributed by atoms with van der Waals surface area (Å²) in [5.41, 5.74) is 5.47. The minimum Gasteiger partial charge on any atom is -0.476 e. The zero-order chi connectivity index (χ0) is 18.9.